The Bertz CT molecular complexity index is 1070. The Morgan fingerprint density at radius 3 is 2.59 bits per heavy atom. The quantitative estimate of drug-likeness (QED) is 0.520. The molecule has 0 bridgehead atoms. The summed E-state index contributed by atoms with van der Waals surface area (Å²) in [7, 11) is 0. The number of carbonyl (C=O) groups is 2. The summed E-state index contributed by atoms with van der Waals surface area (Å²) in [4.78, 5) is 49.0. The van der Waals surface area contributed by atoms with Crippen molar-refractivity contribution in [2.24, 2.45) is 0 Å². The number of rotatable bonds is 8. The molecule has 2 amide bonds. The van der Waals surface area contributed by atoms with Crippen molar-refractivity contribution in [1.82, 2.24) is 25.6 Å². The Morgan fingerprint density at radius 1 is 1.10 bits per heavy atom. The van der Waals surface area contributed by atoms with Crippen molar-refractivity contribution in [1.29, 1.82) is 0 Å². The van der Waals surface area contributed by atoms with Gasteiger partial charge in [-0.05, 0) is 37.1 Å². The monoisotopic (exact) mass is 413 g/mol. The van der Waals surface area contributed by atoms with E-state index in [-0.39, 0.29) is 36.8 Å². The molecule has 0 aliphatic carbocycles. The van der Waals surface area contributed by atoms with Crippen molar-refractivity contribution >= 4 is 33.4 Å². The van der Waals surface area contributed by atoms with E-state index in [1.54, 1.807) is 12.4 Å². The van der Waals surface area contributed by atoms with Crippen molar-refractivity contribution in [3.8, 4) is 0 Å². The lowest BCUT2D eigenvalue weighted by atomic mass is 10.2. The second-order valence-corrected chi connectivity index (χ2v) is 7.91. The second kappa shape index (κ2) is 9.42. The number of amides is 2. The molecule has 8 nitrogen and oxygen atoms in total. The fourth-order valence-corrected chi connectivity index (χ4v) is 3.89. The van der Waals surface area contributed by atoms with Crippen LogP contribution in [0.2, 0.25) is 0 Å². The van der Waals surface area contributed by atoms with Crippen LogP contribution in [0.25, 0.3) is 10.2 Å². The predicted molar refractivity (Wildman–Crippen MR) is 112 cm³/mol. The van der Waals surface area contributed by atoms with Gasteiger partial charge in [-0.25, -0.2) is 4.98 Å². The summed E-state index contributed by atoms with van der Waals surface area (Å²) in [6.07, 6.45) is 4.06. The highest BCUT2D eigenvalue weighted by Crippen LogP contribution is 2.25. The van der Waals surface area contributed by atoms with Gasteiger partial charge in [0.25, 0.3) is 5.56 Å². The van der Waals surface area contributed by atoms with Gasteiger partial charge in [0.15, 0.2) is 0 Å². The van der Waals surface area contributed by atoms with Crippen LogP contribution in [-0.4, -0.2) is 33.3 Å². The minimum atomic E-state index is -0.187. The molecule has 0 spiro atoms. The third-order valence-electron chi connectivity index (χ3n) is 4.59. The number of nitrogens with zero attached hydrogens (tertiary/aromatic N) is 2. The van der Waals surface area contributed by atoms with Crippen LogP contribution in [0.1, 0.15) is 34.7 Å². The summed E-state index contributed by atoms with van der Waals surface area (Å²) in [6.45, 7) is 4.55. The Balaban J connectivity index is 1.41. The molecule has 0 saturated heterocycles. The summed E-state index contributed by atoms with van der Waals surface area (Å²) in [5, 5.41) is 6.14. The first kappa shape index (κ1) is 20.7. The highest BCUT2D eigenvalue weighted by atomic mass is 32.1. The van der Waals surface area contributed by atoms with E-state index in [2.05, 4.69) is 25.6 Å². The molecule has 3 aromatic heterocycles. The fourth-order valence-electron chi connectivity index (χ4n) is 2.84. The number of aromatic amines is 1. The number of pyridine rings is 1. The maximum Gasteiger partial charge on any atom is 0.259 e. The van der Waals surface area contributed by atoms with Gasteiger partial charge in [-0.1, -0.05) is 0 Å². The minimum Gasteiger partial charge on any atom is -0.356 e. The minimum absolute atomic E-state index is 0.137. The molecule has 0 aromatic carbocycles. The number of hydrogen-bond donors (Lipinski definition) is 3. The lowest BCUT2D eigenvalue weighted by Gasteiger charge is -2.07. The first-order valence-corrected chi connectivity index (χ1v) is 10.2. The Labute approximate surface area is 171 Å². The molecule has 3 N–H and O–H groups in total. The van der Waals surface area contributed by atoms with E-state index in [1.807, 2.05) is 26.0 Å². The molecule has 0 fully saturated rings. The average Bonchev–Trinajstić information content (AvgIpc) is 2.99. The van der Waals surface area contributed by atoms with Gasteiger partial charge in [-0.2, -0.15) is 0 Å². The van der Waals surface area contributed by atoms with Crippen molar-refractivity contribution < 1.29 is 9.59 Å². The van der Waals surface area contributed by atoms with Gasteiger partial charge >= 0.3 is 0 Å². The molecular formula is C20H23N5O3S. The summed E-state index contributed by atoms with van der Waals surface area (Å²) >= 11 is 1.48. The van der Waals surface area contributed by atoms with Crippen LogP contribution in [0.15, 0.2) is 29.3 Å². The van der Waals surface area contributed by atoms with E-state index in [0.29, 0.717) is 29.0 Å². The summed E-state index contributed by atoms with van der Waals surface area (Å²) in [6, 6.07) is 3.66. The summed E-state index contributed by atoms with van der Waals surface area (Å²) < 4.78 is 0. The van der Waals surface area contributed by atoms with Crippen molar-refractivity contribution in [3.63, 3.8) is 0 Å². The van der Waals surface area contributed by atoms with Gasteiger partial charge in [0.05, 0.1) is 5.39 Å². The summed E-state index contributed by atoms with van der Waals surface area (Å²) in [5.41, 5.74) is 1.75. The van der Waals surface area contributed by atoms with Gasteiger partial charge in [0, 0.05) is 49.6 Å². The molecule has 3 aromatic rings. The molecule has 9 heteroatoms. The van der Waals surface area contributed by atoms with Gasteiger partial charge < -0.3 is 15.6 Å². The van der Waals surface area contributed by atoms with Crippen LogP contribution in [-0.2, 0) is 22.6 Å². The Morgan fingerprint density at radius 2 is 1.83 bits per heavy atom. The van der Waals surface area contributed by atoms with E-state index >= 15 is 0 Å². The normalized spacial score (nSPS) is 10.8. The Kier molecular flexibility index (Phi) is 6.71. The zero-order chi connectivity index (χ0) is 20.8. The van der Waals surface area contributed by atoms with E-state index < -0.39 is 0 Å². The zero-order valence-corrected chi connectivity index (χ0v) is 17.2. The third kappa shape index (κ3) is 5.47. The number of aryl methyl sites for hydroxylation is 3. The lowest BCUT2D eigenvalue weighted by molar-refractivity contribution is -0.122. The number of nitrogens with one attached hydrogen (secondary N) is 3. The van der Waals surface area contributed by atoms with Crippen LogP contribution in [0.4, 0.5) is 0 Å². The largest absolute Gasteiger partial charge is 0.356 e. The molecule has 3 heterocycles. The number of fused-ring (bicyclic) bond motifs is 1. The number of carbonyl (C=O) groups excluding carboxylic acids is 2. The van der Waals surface area contributed by atoms with Crippen molar-refractivity contribution in [3.05, 3.63) is 56.7 Å². The molecule has 0 atom stereocenters. The highest BCUT2D eigenvalue weighted by Gasteiger charge is 2.12. The maximum atomic E-state index is 12.3. The van der Waals surface area contributed by atoms with Gasteiger partial charge in [0.2, 0.25) is 11.8 Å². The van der Waals surface area contributed by atoms with Gasteiger partial charge in [-0.3, -0.25) is 19.4 Å². The van der Waals surface area contributed by atoms with Gasteiger partial charge in [-0.15, -0.1) is 11.3 Å². The van der Waals surface area contributed by atoms with Gasteiger partial charge in [0.1, 0.15) is 10.7 Å². The highest BCUT2D eigenvalue weighted by molar-refractivity contribution is 7.18. The lowest BCUT2D eigenvalue weighted by Crippen LogP contribution is -2.30. The molecule has 0 unspecified atom stereocenters. The summed E-state index contributed by atoms with van der Waals surface area (Å²) in [5.74, 6) is 0.171. The predicted octanol–water partition coefficient (Wildman–Crippen LogP) is 1.75. The van der Waals surface area contributed by atoms with E-state index in [4.69, 9.17) is 0 Å². The number of aromatic nitrogens is 3. The molecule has 0 aliphatic heterocycles. The van der Waals surface area contributed by atoms with Crippen LogP contribution in [0, 0.1) is 13.8 Å². The number of H-pyrrole nitrogens is 1. The van der Waals surface area contributed by atoms with E-state index in [1.165, 1.54) is 11.3 Å². The van der Waals surface area contributed by atoms with Crippen molar-refractivity contribution in [2.45, 2.75) is 39.7 Å². The smallest absolute Gasteiger partial charge is 0.259 e. The Hall–Kier alpha value is -3.07. The zero-order valence-electron chi connectivity index (χ0n) is 16.4. The van der Waals surface area contributed by atoms with Crippen LogP contribution in [0.5, 0.6) is 0 Å². The second-order valence-electron chi connectivity index (χ2n) is 6.71. The van der Waals surface area contributed by atoms with E-state index in [9.17, 15) is 14.4 Å². The molecule has 0 radical (unpaired) electrons. The SMILES string of the molecule is Cc1sc2nc(CCC(=O)NCCC(=O)NCc3ccncc3)[nH]c(=O)c2c1C. The fraction of sp³-hybridized carbons (Fsp3) is 0.350. The topological polar surface area (TPSA) is 117 Å². The first-order valence-electron chi connectivity index (χ1n) is 9.35. The maximum absolute atomic E-state index is 12.3. The van der Waals surface area contributed by atoms with E-state index in [0.717, 1.165) is 16.0 Å². The first-order chi connectivity index (χ1) is 13.9. The molecule has 0 aliphatic rings. The molecule has 29 heavy (non-hydrogen) atoms. The van der Waals surface area contributed by atoms with Crippen LogP contribution in [0.3, 0.4) is 0 Å². The van der Waals surface area contributed by atoms with Crippen LogP contribution < -0.4 is 16.2 Å². The molecular weight excluding hydrogens is 390 g/mol. The number of hydrogen-bond acceptors (Lipinski definition) is 6. The molecule has 0 saturated carbocycles. The average molecular weight is 414 g/mol. The molecule has 152 valence electrons. The standard InChI is InChI=1S/C20H23N5O3S/c1-12-13(2)29-20-18(12)19(28)24-15(25-20)3-4-16(26)22-10-7-17(27)23-11-14-5-8-21-9-6-14/h5-6,8-9H,3-4,7,10-11H2,1-2H3,(H,22,26)(H,23,27)(H,24,25,28). The van der Waals surface area contributed by atoms with Crippen molar-refractivity contribution in [2.75, 3.05) is 6.54 Å². The molecule has 3 rings (SSSR count). The van der Waals surface area contributed by atoms with Crippen LogP contribution >= 0.6 is 11.3 Å². The number of thiophene rings is 1. The third-order valence-corrected chi connectivity index (χ3v) is 5.69.